The van der Waals surface area contributed by atoms with Crippen molar-refractivity contribution in [2.45, 2.75) is 13.3 Å². The molecule has 0 bridgehead atoms. The Balaban J connectivity index is 1.60. The van der Waals surface area contributed by atoms with Crippen LogP contribution in [0.15, 0.2) is 53.1 Å². The Labute approximate surface area is 167 Å². The minimum Gasteiger partial charge on any atom is -0.370 e. The van der Waals surface area contributed by atoms with E-state index in [1.54, 1.807) is 0 Å². The molecule has 4 N–H and O–H groups in total. The lowest BCUT2D eigenvalue weighted by Gasteiger charge is -2.09. The Morgan fingerprint density at radius 3 is 2.44 bits per heavy atom. The van der Waals surface area contributed by atoms with Crippen LogP contribution < -0.4 is 16.4 Å². The summed E-state index contributed by atoms with van der Waals surface area (Å²) in [5.41, 5.74) is 8.58. The van der Waals surface area contributed by atoms with Gasteiger partial charge in [0.05, 0.1) is 0 Å². The summed E-state index contributed by atoms with van der Waals surface area (Å²) in [5.74, 6) is 2.40. The zero-order valence-electron chi connectivity index (χ0n) is 15.2. The predicted molar refractivity (Wildman–Crippen MR) is 114 cm³/mol. The number of nitrogens with zero attached hydrogens (tertiary/aromatic N) is 3. The molecule has 0 saturated carbocycles. The third-order valence-electron chi connectivity index (χ3n) is 3.95. The molecule has 0 fully saturated rings. The number of hydrogen-bond donors (Lipinski definition) is 3. The highest BCUT2D eigenvalue weighted by Gasteiger charge is 2.05. The predicted octanol–water partition coefficient (Wildman–Crippen LogP) is 3.63. The van der Waals surface area contributed by atoms with Gasteiger partial charge in [0.25, 0.3) is 0 Å². The van der Waals surface area contributed by atoms with Gasteiger partial charge >= 0.3 is 0 Å². The number of hydrogen-bond acceptors (Lipinski definition) is 6. The maximum absolute atomic E-state index is 5.48. The van der Waals surface area contributed by atoms with Gasteiger partial charge in [-0.2, -0.15) is 0 Å². The fourth-order valence-electron chi connectivity index (χ4n) is 2.60. The molecule has 3 rings (SSSR count). The number of aromatic nitrogens is 3. The summed E-state index contributed by atoms with van der Waals surface area (Å²) in [4.78, 5) is 13.6. The average molecular weight is 427 g/mol. The van der Waals surface area contributed by atoms with E-state index in [0.29, 0.717) is 6.54 Å². The van der Waals surface area contributed by atoms with Gasteiger partial charge in [0.15, 0.2) is 5.82 Å². The molecule has 0 spiro atoms. The molecule has 0 saturated heterocycles. The van der Waals surface area contributed by atoms with Crippen molar-refractivity contribution < 1.29 is 0 Å². The van der Waals surface area contributed by atoms with Crippen molar-refractivity contribution in [3.05, 3.63) is 64.4 Å². The van der Waals surface area contributed by atoms with Crippen molar-refractivity contribution in [2.24, 2.45) is 5.73 Å². The van der Waals surface area contributed by atoms with Crippen molar-refractivity contribution in [1.29, 1.82) is 0 Å². The Morgan fingerprint density at radius 2 is 1.74 bits per heavy atom. The van der Waals surface area contributed by atoms with Gasteiger partial charge in [-0.25, -0.2) is 15.0 Å². The van der Waals surface area contributed by atoms with E-state index in [1.807, 2.05) is 49.5 Å². The topological polar surface area (TPSA) is 88.8 Å². The summed E-state index contributed by atoms with van der Waals surface area (Å²) >= 11 is 3.45. The molecule has 0 unspecified atom stereocenters. The maximum atomic E-state index is 5.48. The van der Waals surface area contributed by atoms with Crippen molar-refractivity contribution in [3.63, 3.8) is 0 Å². The summed E-state index contributed by atoms with van der Waals surface area (Å²) in [7, 11) is 0. The van der Waals surface area contributed by atoms with E-state index in [2.05, 4.69) is 47.6 Å². The summed E-state index contributed by atoms with van der Waals surface area (Å²) in [6.07, 6.45) is 2.75. The Hall–Kier alpha value is -2.51. The van der Waals surface area contributed by atoms with Crippen molar-refractivity contribution in [2.75, 3.05) is 30.3 Å². The quantitative estimate of drug-likeness (QED) is 0.509. The molecule has 0 atom stereocenters. The van der Waals surface area contributed by atoms with Crippen molar-refractivity contribution in [3.8, 4) is 11.4 Å². The van der Waals surface area contributed by atoms with Gasteiger partial charge in [0, 0.05) is 47.6 Å². The van der Waals surface area contributed by atoms with Gasteiger partial charge < -0.3 is 16.4 Å². The van der Waals surface area contributed by atoms with Gasteiger partial charge in [0.1, 0.15) is 11.6 Å². The molecule has 27 heavy (non-hydrogen) atoms. The number of halogens is 1. The van der Waals surface area contributed by atoms with Crippen LogP contribution in [0.5, 0.6) is 0 Å². The lowest BCUT2D eigenvalue weighted by Crippen LogP contribution is -2.14. The van der Waals surface area contributed by atoms with Gasteiger partial charge in [-0.05, 0) is 37.1 Å². The van der Waals surface area contributed by atoms with Gasteiger partial charge in [-0.3, -0.25) is 0 Å². The van der Waals surface area contributed by atoms with Crippen LogP contribution in [0.1, 0.15) is 11.3 Å². The zero-order chi connectivity index (χ0) is 19.1. The van der Waals surface area contributed by atoms with Crippen LogP contribution in [-0.4, -0.2) is 34.6 Å². The highest BCUT2D eigenvalue weighted by Crippen LogP contribution is 2.20. The first-order valence-corrected chi connectivity index (χ1v) is 9.68. The molecule has 0 radical (unpaired) electrons. The summed E-state index contributed by atoms with van der Waals surface area (Å²) in [6, 6.07) is 14.0. The second-order valence-electron chi connectivity index (χ2n) is 6.17. The summed E-state index contributed by atoms with van der Waals surface area (Å²) in [5, 5.41) is 6.55. The van der Waals surface area contributed by atoms with Crippen molar-refractivity contribution in [1.82, 2.24) is 15.0 Å². The van der Waals surface area contributed by atoms with Gasteiger partial charge in [-0.15, -0.1) is 0 Å². The lowest BCUT2D eigenvalue weighted by atomic mass is 10.2. The maximum Gasteiger partial charge on any atom is 0.161 e. The third kappa shape index (κ3) is 5.74. The number of aryl methyl sites for hydroxylation is 1. The Morgan fingerprint density at radius 1 is 0.963 bits per heavy atom. The van der Waals surface area contributed by atoms with Crippen molar-refractivity contribution >= 4 is 27.6 Å². The van der Waals surface area contributed by atoms with Crippen LogP contribution in [0.3, 0.4) is 0 Å². The van der Waals surface area contributed by atoms with Gasteiger partial charge in [-0.1, -0.05) is 34.1 Å². The number of pyridine rings is 1. The first-order chi connectivity index (χ1) is 13.1. The molecule has 2 heterocycles. The van der Waals surface area contributed by atoms with Gasteiger partial charge in [0.2, 0.25) is 0 Å². The number of nitrogens with one attached hydrogen (secondary N) is 2. The fraction of sp³-hybridized carbons (Fsp3) is 0.250. The minimum atomic E-state index is 0.591. The van der Waals surface area contributed by atoms with E-state index < -0.39 is 0 Å². The van der Waals surface area contributed by atoms with E-state index in [9.17, 15) is 0 Å². The van der Waals surface area contributed by atoms with Crippen LogP contribution in [0, 0.1) is 6.92 Å². The number of benzene rings is 1. The summed E-state index contributed by atoms with van der Waals surface area (Å²) < 4.78 is 1.04. The largest absolute Gasteiger partial charge is 0.370 e. The first kappa shape index (κ1) is 19.3. The molecule has 2 aromatic heterocycles. The molecule has 140 valence electrons. The SMILES string of the molecule is Cc1cc(NCCc2ccc(NCCN)nc2)nc(-c2ccc(Br)cc2)n1. The molecule has 6 nitrogen and oxygen atoms in total. The van der Waals surface area contributed by atoms with E-state index in [0.717, 1.165) is 52.7 Å². The smallest absolute Gasteiger partial charge is 0.161 e. The van der Waals surface area contributed by atoms with Crippen LogP contribution in [0.4, 0.5) is 11.6 Å². The molecule has 0 aliphatic rings. The monoisotopic (exact) mass is 426 g/mol. The third-order valence-corrected chi connectivity index (χ3v) is 4.48. The minimum absolute atomic E-state index is 0.591. The molecule has 0 amide bonds. The fourth-order valence-corrected chi connectivity index (χ4v) is 2.86. The highest BCUT2D eigenvalue weighted by molar-refractivity contribution is 9.10. The van der Waals surface area contributed by atoms with E-state index in [-0.39, 0.29) is 0 Å². The molecule has 7 heteroatoms. The van der Waals surface area contributed by atoms with E-state index in [1.165, 1.54) is 5.56 Å². The molecule has 3 aromatic rings. The highest BCUT2D eigenvalue weighted by atomic mass is 79.9. The number of nitrogens with two attached hydrogens (primary N) is 1. The second kappa shape index (κ2) is 9.43. The molecule has 1 aromatic carbocycles. The van der Waals surface area contributed by atoms with Crippen LogP contribution in [0.25, 0.3) is 11.4 Å². The lowest BCUT2D eigenvalue weighted by molar-refractivity contribution is 0.977. The molecule has 0 aliphatic carbocycles. The van der Waals surface area contributed by atoms with Crippen LogP contribution in [-0.2, 0) is 6.42 Å². The van der Waals surface area contributed by atoms with Crippen LogP contribution >= 0.6 is 15.9 Å². The van der Waals surface area contributed by atoms with E-state index >= 15 is 0 Å². The Kier molecular flexibility index (Phi) is 6.73. The first-order valence-electron chi connectivity index (χ1n) is 8.88. The second-order valence-corrected chi connectivity index (χ2v) is 7.08. The molecular formula is C20H23BrN6. The number of rotatable bonds is 8. The Bertz CT molecular complexity index is 865. The normalized spacial score (nSPS) is 10.6. The van der Waals surface area contributed by atoms with E-state index in [4.69, 9.17) is 5.73 Å². The standard InChI is InChI=1S/C20H23BrN6/c1-14-12-19(27-20(26-14)16-3-5-17(21)6-4-16)23-10-8-15-2-7-18(25-13-15)24-11-9-22/h2-7,12-13H,8-11,22H2,1H3,(H,24,25)(H,23,26,27). The summed E-state index contributed by atoms with van der Waals surface area (Å²) in [6.45, 7) is 4.06. The molecule has 0 aliphatic heterocycles. The zero-order valence-corrected chi connectivity index (χ0v) is 16.8. The average Bonchev–Trinajstić information content (AvgIpc) is 2.67. The number of anilines is 2. The van der Waals surface area contributed by atoms with Crippen LogP contribution in [0.2, 0.25) is 0 Å². The molecular weight excluding hydrogens is 404 g/mol.